The van der Waals surface area contributed by atoms with E-state index in [1.165, 1.54) is 30.0 Å². The fourth-order valence-electron chi connectivity index (χ4n) is 1.89. The Hall–Kier alpha value is -2.90. The molecule has 0 spiro atoms. The van der Waals surface area contributed by atoms with Crippen molar-refractivity contribution in [1.82, 2.24) is 9.55 Å². The predicted octanol–water partition coefficient (Wildman–Crippen LogP) is 0.810. The summed E-state index contributed by atoms with van der Waals surface area (Å²) < 4.78 is 6.28. The third kappa shape index (κ3) is 3.16. The van der Waals surface area contributed by atoms with Crippen LogP contribution in [0.15, 0.2) is 34.0 Å². The van der Waals surface area contributed by atoms with Crippen LogP contribution < -0.4 is 16.0 Å². The molecular weight excluding hydrogens is 278 g/mol. The molecule has 0 unspecified atom stereocenters. The Labute approximate surface area is 118 Å². The zero-order valence-corrected chi connectivity index (χ0v) is 11.5. The summed E-state index contributed by atoms with van der Waals surface area (Å²) in [5.74, 6) is 0.327. The van der Waals surface area contributed by atoms with Gasteiger partial charge in [-0.2, -0.15) is 0 Å². The number of methoxy groups -OCH3 is 1. The van der Waals surface area contributed by atoms with E-state index in [4.69, 9.17) is 4.74 Å². The second kappa shape index (κ2) is 5.61. The van der Waals surface area contributed by atoms with Gasteiger partial charge in [0.2, 0.25) is 0 Å². The first kappa shape index (κ1) is 14.5. The molecule has 2 rings (SSSR count). The Morgan fingerprint density at radius 1 is 1.33 bits per heavy atom. The predicted molar refractivity (Wildman–Crippen MR) is 74.8 cm³/mol. The molecule has 0 saturated heterocycles. The maximum absolute atomic E-state index is 11.7. The molecule has 110 valence electrons. The van der Waals surface area contributed by atoms with E-state index in [0.717, 1.165) is 0 Å². The highest BCUT2D eigenvalue weighted by atomic mass is 16.6. The summed E-state index contributed by atoms with van der Waals surface area (Å²) in [5, 5.41) is 10.9. The van der Waals surface area contributed by atoms with Crippen molar-refractivity contribution < 1.29 is 9.66 Å². The SMILES string of the molecule is COc1cc(Cn2cc(C)c(=O)[nH]c2=O)cc([N+](=O)[O-])c1. The fourth-order valence-corrected chi connectivity index (χ4v) is 1.89. The van der Waals surface area contributed by atoms with Crippen molar-refractivity contribution in [3.8, 4) is 5.75 Å². The number of nitro groups is 1. The monoisotopic (exact) mass is 291 g/mol. The zero-order valence-electron chi connectivity index (χ0n) is 11.5. The molecule has 0 aliphatic rings. The first-order valence-electron chi connectivity index (χ1n) is 6.03. The van der Waals surface area contributed by atoms with Gasteiger partial charge in [-0.15, -0.1) is 0 Å². The second-order valence-electron chi connectivity index (χ2n) is 4.50. The average molecular weight is 291 g/mol. The summed E-state index contributed by atoms with van der Waals surface area (Å²) in [6.45, 7) is 1.66. The molecule has 8 nitrogen and oxygen atoms in total. The number of H-pyrrole nitrogens is 1. The van der Waals surface area contributed by atoms with Crippen LogP contribution in [0.25, 0.3) is 0 Å². The molecule has 0 bridgehead atoms. The van der Waals surface area contributed by atoms with Gasteiger partial charge < -0.3 is 4.74 Å². The molecule has 0 aliphatic carbocycles. The van der Waals surface area contributed by atoms with Crippen LogP contribution in [0.2, 0.25) is 0 Å². The molecule has 0 amide bonds. The highest BCUT2D eigenvalue weighted by Crippen LogP contribution is 2.22. The Morgan fingerprint density at radius 3 is 2.67 bits per heavy atom. The number of aryl methyl sites for hydroxylation is 1. The van der Waals surface area contributed by atoms with Crippen LogP contribution in [0.1, 0.15) is 11.1 Å². The van der Waals surface area contributed by atoms with Crippen LogP contribution in [-0.2, 0) is 6.54 Å². The molecule has 0 radical (unpaired) electrons. The molecule has 1 aromatic heterocycles. The van der Waals surface area contributed by atoms with Gasteiger partial charge >= 0.3 is 5.69 Å². The smallest absolute Gasteiger partial charge is 0.328 e. The molecule has 1 N–H and O–H groups in total. The van der Waals surface area contributed by atoms with Crippen molar-refractivity contribution >= 4 is 5.69 Å². The van der Waals surface area contributed by atoms with Crippen molar-refractivity contribution in [2.45, 2.75) is 13.5 Å². The van der Waals surface area contributed by atoms with Crippen molar-refractivity contribution in [2.75, 3.05) is 7.11 Å². The maximum Gasteiger partial charge on any atom is 0.328 e. The molecule has 0 fully saturated rings. The first-order valence-corrected chi connectivity index (χ1v) is 6.03. The number of nitro benzene ring substituents is 1. The molecular formula is C13H13N3O5. The van der Waals surface area contributed by atoms with Gasteiger partial charge in [0.1, 0.15) is 5.75 Å². The highest BCUT2D eigenvalue weighted by molar-refractivity contribution is 5.42. The summed E-state index contributed by atoms with van der Waals surface area (Å²) in [6.07, 6.45) is 1.41. The van der Waals surface area contributed by atoms with Gasteiger partial charge in [-0.1, -0.05) is 0 Å². The topological polar surface area (TPSA) is 107 Å². The number of aromatic nitrogens is 2. The lowest BCUT2D eigenvalue weighted by Crippen LogP contribution is -2.31. The average Bonchev–Trinajstić information content (AvgIpc) is 2.44. The largest absolute Gasteiger partial charge is 0.496 e. The maximum atomic E-state index is 11.7. The molecule has 0 atom stereocenters. The molecule has 1 heterocycles. The molecule has 2 aromatic rings. The summed E-state index contributed by atoms with van der Waals surface area (Å²) in [4.78, 5) is 35.5. The Balaban J connectivity index is 2.46. The Bertz CT molecular complexity index is 806. The molecule has 8 heteroatoms. The molecule has 1 aromatic carbocycles. The van der Waals surface area contributed by atoms with Crippen LogP contribution in [-0.4, -0.2) is 21.6 Å². The van der Waals surface area contributed by atoms with Crippen LogP contribution in [0.3, 0.4) is 0 Å². The molecule has 0 aliphatic heterocycles. The first-order chi connectivity index (χ1) is 9.90. The van der Waals surface area contributed by atoms with Crippen LogP contribution in [0, 0.1) is 17.0 Å². The minimum absolute atomic E-state index is 0.0918. The van der Waals surface area contributed by atoms with E-state index in [9.17, 15) is 19.7 Å². The van der Waals surface area contributed by atoms with Gasteiger partial charge in [-0.25, -0.2) is 4.79 Å². The van der Waals surface area contributed by atoms with E-state index in [-0.39, 0.29) is 12.2 Å². The van der Waals surface area contributed by atoms with Gasteiger partial charge in [0, 0.05) is 17.8 Å². The minimum atomic E-state index is -0.573. The normalized spacial score (nSPS) is 10.4. The second-order valence-corrected chi connectivity index (χ2v) is 4.50. The van der Waals surface area contributed by atoms with Crippen LogP contribution >= 0.6 is 0 Å². The standard InChI is InChI=1S/C13H13N3O5/c1-8-6-15(13(18)14-12(8)17)7-9-3-10(16(19)20)5-11(4-9)21-2/h3-6H,7H2,1-2H3,(H,14,17,18). The number of hydrogen-bond acceptors (Lipinski definition) is 5. The highest BCUT2D eigenvalue weighted by Gasteiger charge is 2.11. The van der Waals surface area contributed by atoms with E-state index in [2.05, 4.69) is 4.98 Å². The third-order valence-electron chi connectivity index (χ3n) is 2.94. The lowest BCUT2D eigenvalue weighted by molar-refractivity contribution is -0.385. The number of benzene rings is 1. The quantitative estimate of drug-likeness (QED) is 0.662. The summed E-state index contributed by atoms with van der Waals surface area (Å²) in [6, 6.07) is 4.25. The van der Waals surface area contributed by atoms with E-state index in [0.29, 0.717) is 16.9 Å². The van der Waals surface area contributed by atoms with Gasteiger partial charge in [0.15, 0.2) is 0 Å². The van der Waals surface area contributed by atoms with Crippen molar-refractivity contribution in [2.24, 2.45) is 0 Å². The minimum Gasteiger partial charge on any atom is -0.496 e. The summed E-state index contributed by atoms with van der Waals surface area (Å²) >= 11 is 0. The van der Waals surface area contributed by atoms with Gasteiger partial charge in [0.25, 0.3) is 11.2 Å². The lowest BCUT2D eigenvalue weighted by Gasteiger charge is -2.08. The summed E-state index contributed by atoms with van der Waals surface area (Å²) in [7, 11) is 1.40. The number of rotatable bonds is 4. The Kier molecular flexibility index (Phi) is 3.88. The van der Waals surface area contributed by atoms with Crippen molar-refractivity contribution in [3.63, 3.8) is 0 Å². The van der Waals surface area contributed by atoms with E-state index < -0.39 is 16.2 Å². The van der Waals surface area contributed by atoms with Gasteiger partial charge in [-0.3, -0.25) is 24.5 Å². The van der Waals surface area contributed by atoms with Crippen molar-refractivity contribution in [3.05, 3.63) is 66.5 Å². The fraction of sp³-hybridized carbons (Fsp3) is 0.231. The number of nitrogens with one attached hydrogen (secondary N) is 1. The summed E-state index contributed by atoms with van der Waals surface area (Å²) in [5.41, 5.74) is -0.246. The third-order valence-corrected chi connectivity index (χ3v) is 2.94. The van der Waals surface area contributed by atoms with E-state index in [1.807, 2.05) is 0 Å². The van der Waals surface area contributed by atoms with E-state index in [1.54, 1.807) is 13.0 Å². The number of aromatic amines is 1. The number of nitrogens with zero attached hydrogens (tertiary/aromatic N) is 2. The van der Waals surface area contributed by atoms with E-state index >= 15 is 0 Å². The Morgan fingerprint density at radius 2 is 2.05 bits per heavy atom. The molecule has 21 heavy (non-hydrogen) atoms. The van der Waals surface area contributed by atoms with Crippen LogP contribution in [0.4, 0.5) is 5.69 Å². The van der Waals surface area contributed by atoms with Crippen LogP contribution in [0.5, 0.6) is 5.75 Å². The van der Waals surface area contributed by atoms with Gasteiger partial charge in [-0.05, 0) is 18.6 Å². The van der Waals surface area contributed by atoms with Gasteiger partial charge in [0.05, 0.1) is 24.6 Å². The number of non-ortho nitro benzene ring substituents is 1. The zero-order chi connectivity index (χ0) is 15.6. The van der Waals surface area contributed by atoms with Crippen molar-refractivity contribution in [1.29, 1.82) is 0 Å². The molecule has 0 saturated carbocycles. The number of hydrogen-bond donors (Lipinski definition) is 1. The number of ether oxygens (including phenoxy) is 1. The lowest BCUT2D eigenvalue weighted by atomic mass is 10.2.